The molecule has 2 N–H and O–H groups in total. The second-order valence-corrected chi connectivity index (χ2v) is 8.41. The first-order chi connectivity index (χ1) is 15.5. The minimum absolute atomic E-state index is 0.0739. The molecule has 2 heterocycles. The zero-order chi connectivity index (χ0) is 22.9. The summed E-state index contributed by atoms with van der Waals surface area (Å²) >= 11 is 0. The van der Waals surface area contributed by atoms with E-state index in [1.165, 1.54) is 7.11 Å². The van der Waals surface area contributed by atoms with Crippen LogP contribution in [0.4, 0.5) is 0 Å². The normalized spacial score (nSPS) is 28.2. The molecule has 3 aliphatic rings. The molecule has 1 aromatic rings. The van der Waals surface area contributed by atoms with E-state index in [0.717, 1.165) is 58.5 Å². The van der Waals surface area contributed by atoms with E-state index in [4.69, 9.17) is 28.8 Å². The lowest BCUT2D eigenvalue weighted by molar-refractivity contribution is -0.182. The van der Waals surface area contributed by atoms with Crippen molar-refractivity contribution < 1.29 is 38.7 Å². The van der Waals surface area contributed by atoms with Crippen LogP contribution in [0.1, 0.15) is 36.0 Å². The number of carbonyl (C=O) groups excluding carboxylic acids is 1. The van der Waals surface area contributed by atoms with Gasteiger partial charge < -0.3 is 34.1 Å². The van der Waals surface area contributed by atoms with E-state index >= 15 is 0 Å². The average molecular weight is 452 g/mol. The van der Waals surface area contributed by atoms with E-state index in [-0.39, 0.29) is 18.9 Å². The first kappa shape index (κ1) is 24.4. The first-order valence-electron chi connectivity index (χ1n) is 11.1. The number of ether oxygens (including phenoxy) is 4. The van der Waals surface area contributed by atoms with Crippen LogP contribution in [-0.4, -0.2) is 86.0 Å². The van der Waals surface area contributed by atoms with Gasteiger partial charge in [0.2, 0.25) is 0 Å². The molecule has 4 atom stereocenters. The number of hydrogen-bond donors (Lipinski definition) is 2. The van der Waals surface area contributed by atoms with Crippen molar-refractivity contribution in [1.29, 1.82) is 0 Å². The van der Waals surface area contributed by atoms with Gasteiger partial charge in [0.15, 0.2) is 6.29 Å². The van der Waals surface area contributed by atoms with Gasteiger partial charge >= 0.3 is 5.97 Å². The summed E-state index contributed by atoms with van der Waals surface area (Å²) in [6, 6.07) is 6.96. The number of carbonyl (C=O) groups is 2. The van der Waals surface area contributed by atoms with E-state index in [0.29, 0.717) is 23.1 Å². The third kappa shape index (κ3) is 6.65. The Morgan fingerprint density at radius 2 is 1.91 bits per heavy atom. The summed E-state index contributed by atoms with van der Waals surface area (Å²) in [5.41, 5.74) is 0.451. The van der Waals surface area contributed by atoms with Crippen LogP contribution in [-0.2, 0) is 19.0 Å². The van der Waals surface area contributed by atoms with Gasteiger partial charge in [0.1, 0.15) is 11.9 Å². The second kappa shape index (κ2) is 12.2. The molecule has 32 heavy (non-hydrogen) atoms. The molecule has 178 valence electrons. The molecule has 2 saturated heterocycles. The molecule has 3 fully saturated rings. The zero-order valence-corrected chi connectivity index (χ0v) is 18.4. The molecule has 1 saturated carbocycles. The highest BCUT2D eigenvalue weighted by Crippen LogP contribution is 2.38. The molecule has 0 unspecified atom stereocenters. The fraction of sp³-hybridized carbons (Fsp3) is 0.652. The predicted molar refractivity (Wildman–Crippen MR) is 114 cm³/mol. The molecule has 1 aliphatic carbocycles. The third-order valence-corrected chi connectivity index (χ3v) is 6.28. The minimum Gasteiger partial charge on any atom is -0.488 e. The van der Waals surface area contributed by atoms with Gasteiger partial charge in [0.05, 0.1) is 32.0 Å². The van der Waals surface area contributed by atoms with E-state index in [2.05, 4.69) is 4.90 Å². The van der Waals surface area contributed by atoms with Crippen molar-refractivity contribution in [3.05, 3.63) is 29.8 Å². The molecule has 4 rings (SSSR count). The van der Waals surface area contributed by atoms with Crippen LogP contribution in [0, 0.1) is 11.8 Å². The summed E-state index contributed by atoms with van der Waals surface area (Å²) in [4.78, 5) is 22.6. The Balaban J connectivity index is 0.000000913. The Labute approximate surface area is 188 Å². The topological polar surface area (TPSA) is 115 Å². The Morgan fingerprint density at radius 1 is 1.22 bits per heavy atom. The highest BCUT2D eigenvalue weighted by Gasteiger charge is 2.42. The van der Waals surface area contributed by atoms with Crippen LogP contribution < -0.4 is 4.74 Å². The maximum atomic E-state index is 11.7. The minimum atomic E-state index is -0.497. The highest BCUT2D eigenvalue weighted by atomic mass is 16.7. The quantitative estimate of drug-likeness (QED) is 0.493. The Bertz CT molecular complexity index is 738. The molecule has 9 nitrogen and oxygen atoms in total. The number of nitrogens with zero attached hydrogens (tertiary/aromatic N) is 1. The highest BCUT2D eigenvalue weighted by molar-refractivity contribution is 5.89. The third-order valence-electron chi connectivity index (χ3n) is 6.28. The Kier molecular flexibility index (Phi) is 9.28. The van der Waals surface area contributed by atoms with Crippen LogP contribution in [0.2, 0.25) is 0 Å². The Morgan fingerprint density at radius 3 is 2.59 bits per heavy atom. The number of carboxylic acid groups (broad SMARTS) is 1. The summed E-state index contributed by atoms with van der Waals surface area (Å²) in [5.74, 6) is 1.22. The average Bonchev–Trinajstić information content (AvgIpc) is 3.20. The lowest BCUT2D eigenvalue weighted by Gasteiger charge is -2.35. The number of hydrogen-bond acceptors (Lipinski definition) is 8. The summed E-state index contributed by atoms with van der Waals surface area (Å²) in [7, 11) is 1.36. The molecule has 0 spiro atoms. The summed E-state index contributed by atoms with van der Waals surface area (Å²) < 4.78 is 22.2. The van der Waals surface area contributed by atoms with Crippen molar-refractivity contribution in [2.45, 2.75) is 44.2 Å². The number of fused-ring (bicyclic) bond motifs is 1. The van der Waals surface area contributed by atoms with E-state index < -0.39 is 12.1 Å². The summed E-state index contributed by atoms with van der Waals surface area (Å²) in [5, 5.41) is 17.5. The number of likely N-dealkylation sites (tertiary alicyclic amines) is 1. The maximum Gasteiger partial charge on any atom is 0.337 e. The van der Waals surface area contributed by atoms with Crippen molar-refractivity contribution in [2.24, 2.45) is 11.8 Å². The lowest BCUT2D eigenvalue weighted by Crippen LogP contribution is -2.42. The molecular weight excluding hydrogens is 418 g/mol. The molecule has 9 heteroatoms. The van der Waals surface area contributed by atoms with Crippen LogP contribution in [0.5, 0.6) is 5.75 Å². The molecular formula is C23H33NO8. The van der Waals surface area contributed by atoms with Crippen molar-refractivity contribution in [3.8, 4) is 5.75 Å². The van der Waals surface area contributed by atoms with Crippen LogP contribution in [0.15, 0.2) is 24.3 Å². The molecule has 1 aromatic carbocycles. The van der Waals surface area contributed by atoms with Crippen molar-refractivity contribution in [1.82, 2.24) is 4.90 Å². The molecule has 0 amide bonds. The van der Waals surface area contributed by atoms with Crippen molar-refractivity contribution >= 4 is 12.4 Å². The lowest BCUT2D eigenvalue weighted by atomic mass is 9.78. The maximum absolute atomic E-state index is 11.7. The fourth-order valence-corrected chi connectivity index (χ4v) is 4.78. The fourth-order valence-electron chi connectivity index (χ4n) is 4.78. The molecule has 0 aromatic heterocycles. The van der Waals surface area contributed by atoms with Crippen LogP contribution in [0.3, 0.4) is 0 Å². The number of methoxy groups -OCH3 is 1. The standard InChI is InChI=1S/C22H31NO6.CH2O2/c1-26-22(25)15-4-2-5-18(10-15)29-20-12-17-14-23(13-16(17)11-19(20)24)7-6-21-27-8-3-9-28-21;2-1-3/h2,4-5,10,16-17,19-21,24H,3,6-9,11-14H2,1H3;1H,(H,2,3)/t16-,17+,19+,20+;/m0./s1. The summed E-state index contributed by atoms with van der Waals surface area (Å²) in [6.45, 7) is 4.32. The number of aliphatic hydroxyl groups is 1. The van der Waals surface area contributed by atoms with Gasteiger partial charge in [-0.25, -0.2) is 4.79 Å². The number of esters is 1. The molecule has 0 bridgehead atoms. The second-order valence-electron chi connectivity index (χ2n) is 8.41. The van der Waals surface area contributed by atoms with E-state index in [1.807, 2.05) is 6.07 Å². The summed E-state index contributed by atoms with van der Waals surface area (Å²) in [6.07, 6.45) is 2.61. The SMILES string of the molecule is COC(=O)c1cccc(O[C@@H]2C[C@@H]3CN(CCC4OCCCO4)C[C@@H]3C[C@H]2O)c1.O=CO. The molecule has 0 radical (unpaired) electrons. The van der Waals surface area contributed by atoms with Gasteiger partial charge in [0, 0.05) is 26.1 Å². The smallest absolute Gasteiger partial charge is 0.337 e. The van der Waals surface area contributed by atoms with E-state index in [9.17, 15) is 9.90 Å². The van der Waals surface area contributed by atoms with Gasteiger partial charge in [-0.2, -0.15) is 0 Å². The van der Waals surface area contributed by atoms with Gasteiger partial charge in [-0.05, 0) is 49.3 Å². The van der Waals surface area contributed by atoms with E-state index in [1.54, 1.807) is 18.2 Å². The number of benzene rings is 1. The zero-order valence-electron chi connectivity index (χ0n) is 18.4. The van der Waals surface area contributed by atoms with Gasteiger partial charge in [-0.3, -0.25) is 4.79 Å². The van der Waals surface area contributed by atoms with Gasteiger partial charge in [-0.1, -0.05) is 6.07 Å². The monoisotopic (exact) mass is 451 g/mol. The number of aliphatic hydroxyl groups excluding tert-OH is 1. The number of rotatable bonds is 6. The molecule has 2 aliphatic heterocycles. The van der Waals surface area contributed by atoms with Crippen molar-refractivity contribution in [3.63, 3.8) is 0 Å². The van der Waals surface area contributed by atoms with Crippen LogP contribution >= 0.6 is 0 Å². The first-order valence-corrected chi connectivity index (χ1v) is 11.1. The van der Waals surface area contributed by atoms with Gasteiger partial charge in [0.25, 0.3) is 6.47 Å². The predicted octanol–water partition coefficient (Wildman–Crippen LogP) is 1.78. The van der Waals surface area contributed by atoms with Gasteiger partial charge in [-0.15, -0.1) is 0 Å². The Hall–Kier alpha value is -2.20. The van der Waals surface area contributed by atoms with Crippen molar-refractivity contribution in [2.75, 3.05) is 40.0 Å². The van der Waals surface area contributed by atoms with Crippen LogP contribution in [0.25, 0.3) is 0 Å². The largest absolute Gasteiger partial charge is 0.488 e.